The van der Waals surface area contributed by atoms with E-state index in [1.54, 1.807) is 12.1 Å². The first-order valence-electron chi connectivity index (χ1n) is 4.41. The third-order valence-corrected chi connectivity index (χ3v) is 2.39. The molecule has 2 aromatic rings. The molecule has 1 aromatic carbocycles. The Labute approximate surface area is 96.4 Å². The van der Waals surface area contributed by atoms with Crippen molar-refractivity contribution in [3.8, 4) is 22.8 Å². The molecule has 5 nitrogen and oxygen atoms in total. The molecule has 6 heteroatoms. The lowest BCUT2D eigenvalue weighted by molar-refractivity contribution is 0.374. The highest BCUT2D eigenvalue weighted by Gasteiger charge is 2.16. The summed E-state index contributed by atoms with van der Waals surface area (Å²) in [6.07, 6.45) is 0. The third kappa shape index (κ3) is 1.65. The highest BCUT2D eigenvalue weighted by atomic mass is 35.5. The van der Waals surface area contributed by atoms with Gasteiger partial charge in [0.2, 0.25) is 5.88 Å². The van der Waals surface area contributed by atoms with Gasteiger partial charge < -0.3 is 20.1 Å². The summed E-state index contributed by atoms with van der Waals surface area (Å²) in [5.41, 5.74) is 6.27. The van der Waals surface area contributed by atoms with Gasteiger partial charge in [0.05, 0.1) is 12.1 Å². The maximum Gasteiger partial charge on any atom is 0.222 e. The highest BCUT2D eigenvalue weighted by molar-refractivity contribution is 6.32. The predicted molar refractivity (Wildman–Crippen MR) is 59.6 cm³/mol. The zero-order valence-corrected chi connectivity index (χ0v) is 9.15. The van der Waals surface area contributed by atoms with Crippen LogP contribution >= 0.6 is 11.6 Å². The number of nitrogens with zero attached hydrogens (tertiary/aromatic N) is 1. The average molecular weight is 241 g/mol. The molecule has 0 aliphatic heterocycles. The number of methoxy groups -OCH3 is 1. The molecule has 0 aliphatic carbocycles. The molecule has 0 spiro atoms. The lowest BCUT2D eigenvalue weighted by Gasteiger charge is -2.08. The second-order valence-corrected chi connectivity index (χ2v) is 3.50. The van der Waals surface area contributed by atoms with E-state index in [-0.39, 0.29) is 17.4 Å². The van der Waals surface area contributed by atoms with Crippen LogP contribution in [0.1, 0.15) is 0 Å². The number of nitrogens with two attached hydrogens (primary N) is 1. The second kappa shape index (κ2) is 3.94. The predicted octanol–water partition coefficient (Wildman–Crippen LogP) is 2.29. The molecule has 0 fully saturated rings. The number of aromatic nitrogens is 1. The van der Waals surface area contributed by atoms with Gasteiger partial charge in [-0.2, -0.15) is 0 Å². The summed E-state index contributed by atoms with van der Waals surface area (Å²) in [5.74, 6) is 0.271. The molecule has 0 radical (unpaired) electrons. The Morgan fingerprint density at radius 2 is 2.25 bits per heavy atom. The van der Waals surface area contributed by atoms with Gasteiger partial charge in [0, 0.05) is 11.6 Å². The Balaban J connectivity index is 2.58. The van der Waals surface area contributed by atoms with Gasteiger partial charge in [-0.1, -0.05) is 16.8 Å². The molecule has 0 bridgehead atoms. The van der Waals surface area contributed by atoms with Gasteiger partial charge in [-0.05, 0) is 12.1 Å². The molecule has 0 amide bonds. The quantitative estimate of drug-likeness (QED) is 0.842. The van der Waals surface area contributed by atoms with Crippen molar-refractivity contribution in [1.29, 1.82) is 0 Å². The van der Waals surface area contributed by atoms with Crippen molar-refractivity contribution in [1.82, 2.24) is 5.16 Å². The summed E-state index contributed by atoms with van der Waals surface area (Å²) in [6.45, 7) is 0. The lowest BCUT2D eigenvalue weighted by atomic mass is 10.1. The number of anilines is 1. The van der Waals surface area contributed by atoms with E-state index in [9.17, 15) is 5.11 Å². The molecule has 84 valence electrons. The summed E-state index contributed by atoms with van der Waals surface area (Å²) >= 11 is 5.84. The normalized spacial score (nSPS) is 10.4. The largest absolute Gasteiger partial charge is 0.504 e. The standard InChI is InChI=1S/C10H9ClN2O3/c1-15-10-6(11)3-2-5(9(10)14)7-4-8(12)16-13-7/h2-4,14H,12H2,1H3. The van der Waals surface area contributed by atoms with Crippen molar-refractivity contribution in [2.24, 2.45) is 0 Å². The average Bonchev–Trinajstić information content (AvgIpc) is 2.65. The number of phenols is 1. The van der Waals surface area contributed by atoms with E-state index in [0.717, 1.165) is 0 Å². The number of rotatable bonds is 2. The topological polar surface area (TPSA) is 81.5 Å². The number of hydrogen-bond acceptors (Lipinski definition) is 5. The van der Waals surface area contributed by atoms with Crippen molar-refractivity contribution in [3.05, 3.63) is 23.2 Å². The van der Waals surface area contributed by atoms with E-state index >= 15 is 0 Å². The summed E-state index contributed by atoms with van der Waals surface area (Å²) < 4.78 is 9.69. The first-order valence-corrected chi connectivity index (χ1v) is 4.79. The van der Waals surface area contributed by atoms with Gasteiger partial charge in [-0.25, -0.2) is 0 Å². The molecule has 1 aromatic heterocycles. The second-order valence-electron chi connectivity index (χ2n) is 3.09. The van der Waals surface area contributed by atoms with Crippen LogP contribution in [0.5, 0.6) is 11.5 Å². The van der Waals surface area contributed by atoms with Crippen LogP contribution in [0.2, 0.25) is 5.02 Å². The molecule has 0 unspecified atom stereocenters. The van der Waals surface area contributed by atoms with E-state index < -0.39 is 0 Å². The molecule has 3 N–H and O–H groups in total. The molecule has 2 rings (SSSR count). The Morgan fingerprint density at radius 1 is 1.50 bits per heavy atom. The van der Waals surface area contributed by atoms with Gasteiger partial charge in [-0.3, -0.25) is 0 Å². The lowest BCUT2D eigenvalue weighted by Crippen LogP contribution is -1.88. The van der Waals surface area contributed by atoms with E-state index in [2.05, 4.69) is 5.16 Å². The maximum absolute atomic E-state index is 9.90. The van der Waals surface area contributed by atoms with Gasteiger partial charge in [0.1, 0.15) is 5.69 Å². The number of hydrogen-bond donors (Lipinski definition) is 2. The Morgan fingerprint density at radius 3 is 2.81 bits per heavy atom. The van der Waals surface area contributed by atoms with Crippen molar-refractivity contribution >= 4 is 17.5 Å². The minimum Gasteiger partial charge on any atom is -0.504 e. The van der Waals surface area contributed by atoms with Crippen molar-refractivity contribution < 1.29 is 14.4 Å². The smallest absolute Gasteiger partial charge is 0.222 e. The number of nitrogen functional groups attached to an aromatic ring is 1. The summed E-state index contributed by atoms with van der Waals surface area (Å²) in [5, 5.41) is 13.9. The first kappa shape index (κ1) is 10.6. The molecule has 0 saturated carbocycles. The summed E-state index contributed by atoms with van der Waals surface area (Å²) in [6, 6.07) is 4.71. The van der Waals surface area contributed by atoms with Gasteiger partial charge in [0.25, 0.3) is 0 Å². The van der Waals surface area contributed by atoms with Gasteiger partial charge in [-0.15, -0.1) is 0 Å². The van der Waals surface area contributed by atoms with Crippen LogP contribution < -0.4 is 10.5 Å². The Bertz CT molecular complexity index is 525. The zero-order chi connectivity index (χ0) is 11.7. The first-order chi connectivity index (χ1) is 7.63. The number of ether oxygens (including phenoxy) is 1. The van der Waals surface area contributed by atoms with Crippen LogP contribution in [0, 0.1) is 0 Å². The number of halogens is 1. The van der Waals surface area contributed by atoms with E-state index in [1.165, 1.54) is 13.2 Å². The minimum absolute atomic E-state index is 0.0942. The van der Waals surface area contributed by atoms with E-state index in [1.807, 2.05) is 0 Å². The third-order valence-electron chi connectivity index (χ3n) is 2.09. The number of benzene rings is 1. The summed E-state index contributed by atoms with van der Waals surface area (Å²) in [7, 11) is 1.42. The summed E-state index contributed by atoms with van der Waals surface area (Å²) in [4.78, 5) is 0. The van der Waals surface area contributed by atoms with Crippen molar-refractivity contribution in [2.75, 3.05) is 12.8 Å². The Hall–Kier alpha value is -1.88. The zero-order valence-electron chi connectivity index (χ0n) is 8.40. The van der Waals surface area contributed by atoms with Gasteiger partial charge in [0.15, 0.2) is 11.5 Å². The van der Waals surface area contributed by atoms with Crippen LogP contribution in [0.4, 0.5) is 5.88 Å². The van der Waals surface area contributed by atoms with Crippen LogP contribution in [0.25, 0.3) is 11.3 Å². The molecular weight excluding hydrogens is 232 g/mol. The minimum atomic E-state index is -0.0942. The number of aromatic hydroxyl groups is 1. The van der Waals surface area contributed by atoms with Crippen molar-refractivity contribution in [3.63, 3.8) is 0 Å². The molecule has 0 atom stereocenters. The fourth-order valence-electron chi connectivity index (χ4n) is 1.36. The van der Waals surface area contributed by atoms with Crippen LogP contribution in [0.3, 0.4) is 0 Å². The van der Waals surface area contributed by atoms with E-state index in [4.69, 9.17) is 26.6 Å². The van der Waals surface area contributed by atoms with Crippen LogP contribution in [-0.4, -0.2) is 17.4 Å². The monoisotopic (exact) mass is 240 g/mol. The molecule has 16 heavy (non-hydrogen) atoms. The molecule has 0 aliphatic rings. The Kier molecular flexibility index (Phi) is 2.62. The highest BCUT2D eigenvalue weighted by Crippen LogP contribution is 2.41. The molecule has 0 saturated heterocycles. The van der Waals surface area contributed by atoms with Crippen LogP contribution in [0.15, 0.2) is 22.7 Å². The fourth-order valence-corrected chi connectivity index (χ4v) is 1.59. The maximum atomic E-state index is 9.90. The number of phenolic OH excluding ortho intramolecular Hbond substituents is 1. The fraction of sp³-hybridized carbons (Fsp3) is 0.100. The van der Waals surface area contributed by atoms with E-state index in [0.29, 0.717) is 16.3 Å². The molecule has 1 heterocycles. The van der Waals surface area contributed by atoms with Crippen molar-refractivity contribution in [2.45, 2.75) is 0 Å². The van der Waals surface area contributed by atoms with Gasteiger partial charge >= 0.3 is 0 Å². The molecular formula is C10H9ClN2O3. The van der Waals surface area contributed by atoms with Crippen LogP contribution in [-0.2, 0) is 0 Å². The SMILES string of the molecule is COc1c(Cl)ccc(-c2cc(N)on2)c1O.